The van der Waals surface area contributed by atoms with Gasteiger partial charge in [0, 0.05) is 18.2 Å². The van der Waals surface area contributed by atoms with Gasteiger partial charge in [-0.05, 0) is 31.1 Å². The van der Waals surface area contributed by atoms with Gasteiger partial charge in [0.25, 0.3) is 0 Å². The average molecular weight is 258 g/mol. The second kappa shape index (κ2) is 8.81. The molecule has 3 N–H and O–H groups in total. The zero-order valence-electron chi connectivity index (χ0n) is 10.9. The van der Waals surface area contributed by atoms with Crippen molar-refractivity contribution < 1.29 is 4.79 Å². The number of hydrogen-bond donors (Lipinski definition) is 2. The molecule has 1 amide bonds. The summed E-state index contributed by atoms with van der Waals surface area (Å²) in [6.45, 7) is 2.89. The monoisotopic (exact) mass is 258 g/mol. The maximum absolute atomic E-state index is 11.7. The first-order valence-electron chi connectivity index (χ1n) is 6.79. The van der Waals surface area contributed by atoms with E-state index in [9.17, 15) is 4.79 Å². The van der Waals surface area contributed by atoms with E-state index in [1.54, 1.807) is 0 Å². The fraction of sp³-hybridized carbons (Fsp3) is 0.923. The number of carbonyl (C=O) groups excluding carboxylic acids is 1. The van der Waals surface area contributed by atoms with Crippen LogP contribution in [0.5, 0.6) is 0 Å². The predicted molar refractivity (Wildman–Crippen MR) is 75.2 cm³/mol. The molecule has 1 aliphatic carbocycles. The number of thioether (sulfide) groups is 1. The number of rotatable bonds is 7. The van der Waals surface area contributed by atoms with Crippen LogP contribution < -0.4 is 11.1 Å². The smallest absolute Gasteiger partial charge is 0.221 e. The van der Waals surface area contributed by atoms with Crippen molar-refractivity contribution in [2.45, 2.75) is 51.5 Å². The topological polar surface area (TPSA) is 55.1 Å². The Morgan fingerprint density at radius 1 is 1.41 bits per heavy atom. The molecule has 4 heteroatoms. The fourth-order valence-corrected chi connectivity index (χ4v) is 3.10. The molecule has 1 unspecified atom stereocenters. The second-order valence-electron chi connectivity index (χ2n) is 5.07. The van der Waals surface area contributed by atoms with Crippen LogP contribution >= 0.6 is 11.8 Å². The molecule has 0 bridgehead atoms. The lowest BCUT2D eigenvalue weighted by Crippen LogP contribution is -2.36. The zero-order chi connectivity index (χ0) is 12.5. The van der Waals surface area contributed by atoms with Crippen LogP contribution in [0.25, 0.3) is 0 Å². The number of nitrogens with two attached hydrogens (primary N) is 1. The van der Waals surface area contributed by atoms with Gasteiger partial charge in [-0.25, -0.2) is 0 Å². The highest BCUT2D eigenvalue weighted by molar-refractivity contribution is 7.99. The van der Waals surface area contributed by atoms with Crippen molar-refractivity contribution >= 4 is 17.7 Å². The lowest BCUT2D eigenvalue weighted by molar-refractivity contribution is -0.121. The first kappa shape index (κ1) is 14.8. The minimum atomic E-state index is 0.227. The van der Waals surface area contributed by atoms with Gasteiger partial charge in [0.05, 0.1) is 0 Å². The summed E-state index contributed by atoms with van der Waals surface area (Å²) in [4.78, 5) is 11.7. The lowest BCUT2D eigenvalue weighted by Gasteiger charge is -2.22. The first-order chi connectivity index (χ1) is 8.22. The average Bonchev–Trinajstić information content (AvgIpc) is 2.35. The third kappa shape index (κ3) is 6.94. The maximum atomic E-state index is 11.7. The summed E-state index contributed by atoms with van der Waals surface area (Å²) in [6, 6.07) is 0.448. The van der Waals surface area contributed by atoms with Crippen molar-refractivity contribution in [2.75, 3.05) is 18.1 Å². The molecule has 0 aliphatic heterocycles. The van der Waals surface area contributed by atoms with Crippen LogP contribution in [0, 0.1) is 5.92 Å². The van der Waals surface area contributed by atoms with Crippen LogP contribution in [0.15, 0.2) is 0 Å². The molecule has 0 spiro atoms. The zero-order valence-corrected chi connectivity index (χ0v) is 11.7. The lowest BCUT2D eigenvalue weighted by atomic mass is 9.95. The van der Waals surface area contributed by atoms with Gasteiger partial charge in [-0.3, -0.25) is 4.79 Å². The van der Waals surface area contributed by atoms with Crippen LogP contribution in [0.1, 0.15) is 45.4 Å². The minimum Gasteiger partial charge on any atom is -0.353 e. The van der Waals surface area contributed by atoms with Crippen molar-refractivity contribution in [1.29, 1.82) is 0 Å². The molecule has 0 aromatic heterocycles. The Bertz CT molecular complexity index is 217. The Balaban J connectivity index is 2.00. The summed E-state index contributed by atoms with van der Waals surface area (Å²) in [6.07, 6.45) is 6.87. The molecule has 0 aromatic rings. The normalized spacial score (nSPS) is 18.9. The standard InChI is InChI=1S/C13H26N2OS/c1-11(9-14)10-17-8-7-13(16)15-12-5-3-2-4-6-12/h11-12H,2-10,14H2,1H3,(H,15,16). The largest absolute Gasteiger partial charge is 0.353 e. The summed E-state index contributed by atoms with van der Waals surface area (Å²) in [5.41, 5.74) is 5.55. The Morgan fingerprint density at radius 2 is 2.12 bits per heavy atom. The molecule has 17 heavy (non-hydrogen) atoms. The Kier molecular flexibility index (Phi) is 7.69. The van der Waals surface area contributed by atoms with Crippen molar-refractivity contribution in [3.05, 3.63) is 0 Å². The van der Waals surface area contributed by atoms with Gasteiger partial charge in [-0.2, -0.15) is 11.8 Å². The molecule has 0 radical (unpaired) electrons. The Morgan fingerprint density at radius 3 is 2.76 bits per heavy atom. The van der Waals surface area contributed by atoms with Crippen molar-refractivity contribution in [3.63, 3.8) is 0 Å². The Labute approximate surface area is 109 Å². The van der Waals surface area contributed by atoms with Crippen molar-refractivity contribution in [3.8, 4) is 0 Å². The second-order valence-corrected chi connectivity index (χ2v) is 6.22. The van der Waals surface area contributed by atoms with E-state index in [4.69, 9.17) is 5.73 Å². The summed E-state index contributed by atoms with van der Waals surface area (Å²) >= 11 is 1.84. The molecule has 100 valence electrons. The quantitative estimate of drug-likeness (QED) is 0.688. The number of carbonyl (C=O) groups is 1. The third-order valence-electron chi connectivity index (χ3n) is 3.25. The van der Waals surface area contributed by atoms with Crippen molar-refractivity contribution in [2.24, 2.45) is 11.7 Å². The summed E-state index contributed by atoms with van der Waals surface area (Å²) in [5, 5.41) is 3.14. The van der Waals surface area contributed by atoms with E-state index in [1.165, 1.54) is 32.1 Å². The maximum Gasteiger partial charge on any atom is 0.221 e. The highest BCUT2D eigenvalue weighted by Gasteiger charge is 2.15. The first-order valence-corrected chi connectivity index (χ1v) is 7.95. The van der Waals surface area contributed by atoms with Gasteiger partial charge in [-0.15, -0.1) is 0 Å². The van der Waals surface area contributed by atoms with Crippen LogP contribution in [0.3, 0.4) is 0 Å². The van der Waals surface area contributed by atoms with Gasteiger partial charge in [0.2, 0.25) is 5.91 Å². The summed E-state index contributed by atoms with van der Waals surface area (Å²) < 4.78 is 0. The number of amides is 1. The van der Waals surface area contributed by atoms with Crippen LogP contribution in [0.4, 0.5) is 0 Å². The molecule has 0 saturated heterocycles. The molecule has 1 fully saturated rings. The van der Waals surface area contributed by atoms with E-state index in [-0.39, 0.29) is 5.91 Å². The van der Waals surface area contributed by atoms with Crippen LogP contribution in [-0.2, 0) is 4.79 Å². The molecular weight excluding hydrogens is 232 g/mol. The molecule has 1 saturated carbocycles. The van der Waals surface area contributed by atoms with Crippen LogP contribution in [0.2, 0.25) is 0 Å². The number of nitrogens with one attached hydrogen (secondary N) is 1. The fourth-order valence-electron chi connectivity index (χ4n) is 2.06. The molecule has 0 aromatic carbocycles. The molecule has 1 rings (SSSR count). The van der Waals surface area contributed by atoms with Gasteiger partial charge < -0.3 is 11.1 Å². The van der Waals surface area contributed by atoms with E-state index in [0.717, 1.165) is 18.1 Å². The summed E-state index contributed by atoms with van der Waals surface area (Å²) in [5.74, 6) is 2.77. The van der Waals surface area contributed by atoms with Gasteiger partial charge in [-0.1, -0.05) is 26.2 Å². The molecule has 3 nitrogen and oxygen atoms in total. The molecule has 1 atom stereocenters. The SMILES string of the molecule is CC(CN)CSCCC(=O)NC1CCCCC1. The molecule has 0 heterocycles. The van der Waals surface area contributed by atoms with Crippen LogP contribution in [-0.4, -0.2) is 30.0 Å². The predicted octanol–water partition coefficient (Wildman–Crippen LogP) is 2.15. The third-order valence-corrected chi connectivity index (χ3v) is 4.55. The highest BCUT2D eigenvalue weighted by Crippen LogP contribution is 2.17. The van der Waals surface area contributed by atoms with E-state index in [0.29, 0.717) is 18.4 Å². The Hall–Kier alpha value is -0.220. The summed E-state index contributed by atoms with van der Waals surface area (Å²) in [7, 11) is 0. The van der Waals surface area contributed by atoms with Gasteiger partial charge in [0.15, 0.2) is 0 Å². The number of hydrogen-bond acceptors (Lipinski definition) is 3. The van der Waals surface area contributed by atoms with E-state index < -0.39 is 0 Å². The van der Waals surface area contributed by atoms with E-state index in [1.807, 2.05) is 11.8 Å². The minimum absolute atomic E-state index is 0.227. The highest BCUT2D eigenvalue weighted by atomic mass is 32.2. The van der Waals surface area contributed by atoms with Gasteiger partial charge in [0.1, 0.15) is 0 Å². The van der Waals surface area contributed by atoms with Crippen molar-refractivity contribution in [1.82, 2.24) is 5.32 Å². The van der Waals surface area contributed by atoms with E-state index >= 15 is 0 Å². The van der Waals surface area contributed by atoms with Gasteiger partial charge >= 0.3 is 0 Å². The van der Waals surface area contributed by atoms with E-state index in [2.05, 4.69) is 12.2 Å². The molecular formula is C13H26N2OS. The molecule has 1 aliphatic rings.